The number of aliphatic carboxylic acids is 1. The SMILES string of the molecule is Cc1cc(C)c(C2=NO[C@H](C3=C(C(=O)O)N4C(=O)[C@H]([C@@H](C)O)[C@H]4C3)C2)c(C)c1. The lowest BCUT2D eigenvalue weighted by Gasteiger charge is -2.44. The zero-order chi connectivity index (χ0) is 20.3. The first kappa shape index (κ1) is 18.7. The molecule has 4 rings (SSSR count). The summed E-state index contributed by atoms with van der Waals surface area (Å²) in [5.74, 6) is -2.04. The van der Waals surface area contributed by atoms with Crippen LogP contribution in [0.1, 0.15) is 42.0 Å². The van der Waals surface area contributed by atoms with Crippen LogP contribution in [-0.2, 0) is 14.4 Å². The molecule has 1 amide bonds. The molecule has 7 nitrogen and oxygen atoms in total. The number of fused-ring (bicyclic) bond motifs is 1. The summed E-state index contributed by atoms with van der Waals surface area (Å²) in [5, 5.41) is 23.8. The van der Waals surface area contributed by atoms with Crippen LogP contribution in [0.2, 0.25) is 0 Å². The van der Waals surface area contributed by atoms with E-state index in [0.29, 0.717) is 18.4 Å². The van der Waals surface area contributed by atoms with E-state index in [1.807, 2.05) is 20.8 Å². The number of hydrogen-bond donors (Lipinski definition) is 2. The van der Waals surface area contributed by atoms with Crippen molar-refractivity contribution in [3.8, 4) is 0 Å². The van der Waals surface area contributed by atoms with Gasteiger partial charge in [-0.05, 0) is 45.2 Å². The first-order valence-electron chi connectivity index (χ1n) is 9.49. The molecule has 2 N–H and O–H groups in total. The monoisotopic (exact) mass is 384 g/mol. The lowest BCUT2D eigenvalue weighted by atomic mass is 9.82. The maximum Gasteiger partial charge on any atom is 0.352 e. The molecule has 4 atom stereocenters. The van der Waals surface area contributed by atoms with Crippen molar-refractivity contribution >= 4 is 17.6 Å². The number of carboxylic acid groups (broad SMARTS) is 1. The molecule has 0 radical (unpaired) electrons. The molecule has 0 saturated carbocycles. The van der Waals surface area contributed by atoms with Crippen LogP contribution in [0.25, 0.3) is 0 Å². The highest BCUT2D eigenvalue weighted by Crippen LogP contribution is 2.46. The predicted octanol–water partition coefficient (Wildman–Crippen LogP) is 2.06. The third-order valence-electron chi connectivity index (χ3n) is 5.99. The summed E-state index contributed by atoms with van der Waals surface area (Å²) in [6.45, 7) is 7.66. The van der Waals surface area contributed by atoms with Gasteiger partial charge in [0.2, 0.25) is 5.91 Å². The smallest absolute Gasteiger partial charge is 0.352 e. The summed E-state index contributed by atoms with van der Waals surface area (Å²) >= 11 is 0. The van der Waals surface area contributed by atoms with Crippen LogP contribution in [0.5, 0.6) is 0 Å². The fourth-order valence-corrected chi connectivity index (χ4v) is 4.94. The van der Waals surface area contributed by atoms with E-state index in [-0.39, 0.29) is 17.6 Å². The summed E-state index contributed by atoms with van der Waals surface area (Å²) in [7, 11) is 0. The van der Waals surface area contributed by atoms with E-state index < -0.39 is 24.1 Å². The third-order valence-corrected chi connectivity index (χ3v) is 5.99. The van der Waals surface area contributed by atoms with E-state index in [2.05, 4.69) is 17.3 Å². The Bertz CT molecular complexity index is 923. The standard InChI is InChI=1S/C21H24N2O5/c1-9-5-10(2)17(11(3)6-9)14-8-16(28-22-14)13-7-15-18(12(4)24)20(25)23(15)19(13)21(26)27/h5-6,12,15-16,18,24H,7-8H2,1-4H3,(H,26,27)/t12-,15-,16+,18-/m1/s1. The quantitative estimate of drug-likeness (QED) is 0.774. The maximum absolute atomic E-state index is 12.4. The Hall–Kier alpha value is -2.67. The highest BCUT2D eigenvalue weighted by atomic mass is 16.6. The van der Waals surface area contributed by atoms with Crippen molar-refractivity contribution in [3.05, 3.63) is 45.7 Å². The van der Waals surface area contributed by atoms with Crippen LogP contribution < -0.4 is 0 Å². The van der Waals surface area contributed by atoms with Gasteiger partial charge in [0.05, 0.1) is 23.8 Å². The molecule has 0 unspecified atom stereocenters. The van der Waals surface area contributed by atoms with Gasteiger partial charge in [0.1, 0.15) is 5.70 Å². The molecule has 1 saturated heterocycles. The summed E-state index contributed by atoms with van der Waals surface area (Å²) in [4.78, 5) is 31.2. The number of aliphatic hydroxyl groups is 1. The molecule has 3 aliphatic rings. The van der Waals surface area contributed by atoms with Crippen molar-refractivity contribution in [3.63, 3.8) is 0 Å². The molecular weight excluding hydrogens is 360 g/mol. The van der Waals surface area contributed by atoms with Crippen LogP contribution in [-0.4, -0.2) is 51.0 Å². The Kier molecular flexibility index (Phi) is 4.30. The molecule has 0 aliphatic carbocycles. The molecule has 0 aromatic heterocycles. The van der Waals surface area contributed by atoms with Crippen LogP contribution in [0, 0.1) is 26.7 Å². The molecule has 0 bridgehead atoms. The summed E-state index contributed by atoms with van der Waals surface area (Å²) in [6, 6.07) is 3.87. The zero-order valence-corrected chi connectivity index (χ0v) is 16.4. The number of nitrogens with zero attached hydrogens (tertiary/aromatic N) is 2. The van der Waals surface area contributed by atoms with Crippen LogP contribution in [0.3, 0.4) is 0 Å². The fourth-order valence-electron chi connectivity index (χ4n) is 4.94. The number of aliphatic hydroxyl groups excluding tert-OH is 1. The number of β-lactam (4-membered cyclic amide) rings is 1. The topological polar surface area (TPSA) is 99.4 Å². The van der Waals surface area contributed by atoms with Crippen LogP contribution in [0.15, 0.2) is 28.6 Å². The summed E-state index contributed by atoms with van der Waals surface area (Å²) < 4.78 is 0. The highest BCUT2D eigenvalue weighted by molar-refractivity contribution is 6.04. The van der Waals surface area contributed by atoms with Crippen molar-refractivity contribution in [2.24, 2.45) is 11.1 Å². The van der Waals surface area contributed by atoms with Gasteiger partial charge in [-0.3, -0.25) is 4.79 Å². The molecule has 1 aromatic rings. The predicted molar refractivity (Wildman–Crippen MR) is 102 cm³/mol. The molecule has 1 aromatic carbocycles. The molecular formula is C21H24N2O5. The largest absolute Gasteiger partial charge is 0.477 e. The van der Waals surface area contributed by atoms with Gasteiger partial charge in [-0.1, -0.05) is 22.9 Å². The van der Waals surface area contributed by atoms with Crippen molar-refractivity contribution < 1.29 is 24.6 Å². The molecule has 1 fully saturated rings. The first-order chi connectivity index (χ1) is 13.2. The first-order valence-corrected chi connectivity index (χ1v) is 9.49. The number of rotatable bonds is 4. The van der Waals surface area contributed by atoms with E-state index in [4.69, 9.17) is 4.84 Å². The van der Waals surface area contributed by atoms with Gasteiger partial charge in [-0.2, -0.15) is 0 Å². The minimum atomic E-state index is -1.14. The van der Waals surface area contributed by atoms with Gasteiger partial charge >= 0.3 is 5.97 Å². The van der Waals surface area contributed by atoms with Gasteiger partial charge in [0.25, 0.3) is 0 Å². The van der Waals surface area contributed by atoms with Crippen molar-refractivity contribution in [1.82, 2.24) is 4.90 Å². The average molecular weight is 384 g/mol. The van der Waals surface area contributed by atoms with Gasteiger partial charge in [0.15, 0.2) is 6.10 Å². The number of carboxylic acids is 1. The van der Waals surface area contributed by atoms with Crippen molar-refractivity contribution in [1.29, 1.82) is 0 Å². The van der Waals surface area contributed by atoms with E-state index in [1.54, 1.807) is 6.92 Å². The average Bonchev–Trinajstić information content (AvgIpc) is 3.16. The number of oxime groups is 1. The molecule has 0 spiro atoms. The number of amides is 1. The van der Waals surface area contributed by atoms with Gasteiger partial charge in [-0.15, -0.1) is 0 Å². The minimum absolute atomic E-state index is 0.00861. The Morgan fingerprint density at radius 3 is 2.46 bits per heavy atom. The molecule has 3 aliphatic heterocycles. The Morgan fingerprint density at radius 2 is 1.89 bits per heavy atom. The highest BCUT2D eigenvalue weighted by Gasteiger charge is 2.58. The van der Waals surface area contributed by atoms with E-state index in [0.717, 1.165) is 22.4 Å². The maximum atomic E-state index is 12.4. The number of carbonyl (C=O) groups is 2. The van der Waals surface area contributed by atoms with Gasteiger partial charge in [-0.25, -0.2) is 4.79 Å². The fraction of sp³-hybridized carbons (Fsp3) is 0.476. The zero-order valence-electron chi connectivity index (χ0n) is 16.4. The minimum Gasteiger partial charge on any atom is -0.477 e. The Morgan fingerprint density at radius 1 is 1.25 bits per heavy atom. The Balaban J connectivity index is 1.62. The van der Waals surface area contributed by atoms with Crippen LogP contribution >= 0.6 is 0 Å². The summed E-state index contributed by atoms with van der Waals surface area (Å²) in [5.41, 5.74) is 5.78. The second kappa shape index (κ2) is 6.44. The molecule has 148 valence electrons. The van der Waals surface area contributed by atoms with E-state index >= 15 is 0 Å². The van der Waals surface area contributed by atoms with Crippen molar-refractivity contribution in [2.75, 3.05) is 0 Å². The molecule has 7 heteroatoms. The lowest BCUT2D eigenvalue weighted by Crippen LogP contribution is -2.61. The lowest BCUT2D eigenvalue weighted by molar-refractivity contribution is -0.161. The van der Waals surface area contributed by atoms with Crippen LogP contribution in [0.4, 0.5) is 0 Å². The number of benzene rings is 1. The third kappa shape index (κ3) is 2.64. The molecule has 3 heterocycles. The number of hydrogen-bond acceptors (Lipinski definition) is 5. The summed E-state index contributed by atoms with van der Waals surface area (Å²) in [6.07, 6.45) is -0.459. The van der Waals surface area contributed by atoms with E-state index in [1.165, 1.54) is 10.5 Å². The normalized spacial score (nSPS) is 27.3. The second-order valence-corrected chi connectivity index (χ2v) is 8.03. The number of aryl methyl sites for hydroxylation is 3. The Labute approximate surface area is 163 Å². The number of carbonyl (C=O) groups excluding carboxylic acids is 1. The van der Waals surface area contributed by atoms with Crippen molar-refractivity contribution in [2.45, 2.75) is 58.8 Å². The molecule has 28 heavy (non-hydrogen) atoms. The van der Waals surface area contributed by atoms with E-state index in [9.17, 15) is 19.8 Å². The second-order valence-electron chi connectivity index (χ2n) is 8.03. The van der Waals surface area contributed by atoms with Gasteiger partial charge in [0, 0.05) is 17.6 Å². The van der Waals surface area contributed by atoms with Gasteiger partial charge < -0.3 is 20.0 Å².